The van der Waals surface area contributed by atoms with Gasteiger partial charge in [-0.2, -0.15) is 0 Å². The lowest BCUT2D eigenvalue weighted by atomic mass is 9.78. The molecule has 0 amide bonds. The minimum atomic E-state index is -2.53. The van der Waals surface area contributed by atoms with Crippen molar-refractivity contribution in [2.24, 2.45) is 5.41 Å². The number of aryl methyl sites for hydroxylation is 1. The Balaban J connectivity index is 1.38. The fourth-order valence-electron chi connectivity index (χ4n) is 4.14. The molecule has 2 saturated heterocycles. The number of hydrogen-bond acceptors (Lipinski definition) is 7. The first-order valence-corrected chi connectivity index (χ1v) is 10.6. The van der Waals surface area contributed by atoms with Crippen LogP contribution < -0.4 is 10.2 Å². The van der Waals surface area contributed by atoms with Gasteiger partial charge in [-0.15, -0.1) is 11.3 Å². The molecule has 1 N–H and O–H groups in total. The Morgan fingerprint density at radius 1 is 1.18 bits per heavy atom. The highest BCUT2D eigenvalue weighted by Gasteiger charge is 2.49. The van der Waals surface area contributed by atoms with Gasteiger partial charge in [0.2, 0.25) is 5.92 Å². The predicted molar refractivity (Wildman–Crippen MR) is 104 cm³/mol. The van der Waals surface area contributed by atoms with Gasteiger partial charge < -0.3 is 15.0 Å². The first-order chi connectivity index (χ1) is 13.4. The third-order valence-electron chi connectivity index (χ3n) is 5.82. The standard InChI is InChI=1S/C19H23F2N5OS/c1-12-22-14(7-28-12)17-24-15(23-13-2-4-19(20,21)5-3-13)6-16(25-17)26-8-18(9-26)10-27-11-18/h6-7,13H,2-5,8-11H2,1H3,(H,23,24,25). The number of alkyl halides is 2. The van der Waals surface area contributed by atoms with E-state index < -0.39 is 5.92 Å². The average molecular weight is 407 g/mol. The van der Waals surface area contributed by atoms with E-state index in [1.165, 1.54) is 0 Å². The summed E-state index contributed by atoms with van der Waals surface area (Å²) < 4.78 is 32.3. The molecule has 3 fully saturated rings. The van der Waals surface area contributed by atoms with E-state index in [4.69, 9.17) is 9.72 Å². The van der Waals surface area contributed by atoms with Gasteiger partial charge in [0.15, 0.2) is 5.82 Å². The van der Waals surface area contributed by atoms with Crippen LogP contribution in [0.15, 0.2) is 11.4 Å². The number of nitrogens with zero attached hydrogens (tertiary/aromatic N) is 4. The maximum atomic E-state index is 13.5. The number of aromatic nitrogens is 3. The Kier molecular flexibility index (Phi) is 4.28. The molecule has 0 atom stereocenters. The third kappa shape index (κ3) is 3.45. The molecule has 3 aliphatic rings. The van der Waals surface area contributed by atoms with Crippen molar-refractivity contribution in [2.45, 2.75) is 44.6 Å². The smallest absolute Gasteiger partial charge is 0.248 e. The van der Waals surface area contributed by atoms with E-state index in [2.05, 4.69) is 20.2 Å². The molecule has 6 nitrogen and oxygen atoms in total. The Hall–Kier alpha value is -1.87. The highest BCUT2D eigenvalue weighted by atomic mass is 32.1. The molecular formula is C19H23F2N5OS. The number of thiazole rings is 1. The fraction of sp³-hybridized carbons (Fsp3) is 0.632. The molecule has 4 heterocycles. The third-order valence-corrected chi connectivity index (χ3v) is 6.60. The summed E-state index contributed by atoms with van der Waals surface area (Å²) in [6.07, 6.45) is 0.744. The van der Waals surface area contributed by atoms with E-state index in [9.17, 15) is 8.78 Å². The van der Waals surface area contributed by atoms with E-state index in [0.717, 1.165) is 42.8 Å². The molecule has 2 aromatic heterocycles. The highest BCUT2D eigenvalue weighted by Crippen LogP contribution is 2.40. The lowest BCUT2D eigenvalue weighted by molar-refractivity contribution is -0.127. The molecule has 1 aliphatic carbocycles. The molecular weight excluding hydrogens is 384 g/mol. The molecule has 28 heavy (non-hydrogen) atoms. The summed E-state index contributed by atoms with van der Waals surface area (Å²) in [6.45, 7) is 5.43. The van der Waals surface area contributed by atoms with Crippen LogP contribution in [0.1, 0.15) is 30.7 Å². The van der Waals surface area contributed by atoms with Crippen LogP contribution in [0.4, 0.5) is 20.4 Å². The predicted octanol–water partition coefficient (Wildman–Crippen LogP) is 3.73. The first kappa shape index (κ1) is 18.2. The topological polar surface area (TPSA) is 63.2 Å². The minimum Gasteiger partial charge on any atom is -0.380 e. The van der Waals surface area contributed by atoms with Crippen LogP contribution in [0.25, 0.3) is 11.5 Å². The summed E-state index contributed by atoms with van der Waals surface area (Å²) in [5.41, 5.74) is 1.04. The first-order valence-electron chi connectivity index (χ1n) is 9.69. The molecule has 150 valence electrons. The van der Waals surface area contributed by atoms with Crippen molar-refractivity contribution in [3.05, 3.63) is 16.5 Å². The van der Waals surface area contributed by atoms with Crippen molar-refractivity contribution in [1.82, 2.24) is 15.0 Å². The van der Waals surface area contributed by atoms with Crippen molar-refractivity contribution in [1.29, 1.82) is 0 Å². The molecule has 0 bridgehead atoms. The van der Waals surface area contributed by atoms with Gasteiger partial charge in [-0.05, 0) is 19.8 Å². The summed E-state index contributed by atoms with van der Waals surface area (Å²) >= 11 is 1.56. The Morgan fingerprint density at radius 2 is 1.93 bits per heavy atom. The second kappa shape index (κ2) is 6.59. The number of anilines is 2. The quantitative estimate of drug-likeness (QED) is 0.833. The zero-order chi connectivity index (χ0) is 19.4. The molecule has 9 heteroatoms. The summed E-state index contributed by atoms with van der Waals surface area (Å²) in [5, 5.41) is 6.28. The second-order valence-electron chi connectivity index (χ2n) is 8.31. The van der Waals surface area contributed by atoms with Gasteiger partial charge in [-0.3, -0.25) is 0 Å². The maximum absolute atomic E-state index is 13.5. The van der Waals surface area contributed by atoms with Crippen LogP contribution in [0.2, 0.25) is 0 Å². The van der Waals surface area contributed by atoms with Crippen molar-refractivity contribution in [3.63, 3.8) is 0 Å². The summed E-state index contributed by atoms with van der Waals surface area (Å²) in [4.78, 5) is 16.1. The van der Waals surface area contributed by atoms with Gasteiger partial charge in [-0.1, -0.05) is 0 Å². The highest BCUT2D eigenvalue weighted by molar-refractivity contribution is 7.09. The van der Waals surface area contributed by atoms with E-state index in [-0.39, 0.29) is 24.3 Å². The minimum absolute atomic E-state index is 0.00941. The van der Waals surface area contributed by atoms with Gasteiger partial charge >= 0.3 is 0 Å². The Bertz CT molecular complexity index is 867. The number of hydrogen-bond donors (Lipinski definition) is 1. The van der Waals surface area contributed by atoms with Crippen LogP contribution in [-0.2, 0) is 4.74 Å². The van der Waals surface area contributed by atoms with Crippen molar-refractivity contribution < 1.29 is 13.5 Å². The van der Waals surface area contributed by atoms with Gasteiger partial charge in [0.1, 0.15) is 17.3 Å². The Morgan fingerprint density at radius 3 is 2.54 bits per heavy atom. The fourth-order valence-corrected chi connectivity index (χ4v) is 4.73. The van der Waals surface area contributed by atoms with E-state index in [0.29, 0.717) is 24.5 Å². The molecule has 2 aliphatic heterocycles. The number of halogens is 2. The average Bonchev–Trinajstić information content (AvgIpc) is 3.01. The van der Waals surface area contributed by atoms with Gasteiger partial charge in [0.25, 0.3) is 0 Å². The lowest BCUT2D eigenvalue weighted by Gasteiger charge is -2.55. The van der Waals surface area contributed by atoms with E-state index in [1.54, 1.807) is 11.3 Å². The molecule has 1 spiro atoms. The molecule has 0 unspecified atom stereocenters. The van der Waals surface area contributed by atoms with Crippen molar-refractivity contribution in [2.75, 3.05) is 36.5 Å². The lowest BCUT2D eigenvalue weighted by Crippen LogP contribution is -2.66. The SMILES string of the molecule is Cc1nc(-c2nc(NC3CCC(F)(F)CC3)cc(N3CC4(COC4)C3)n2)cs1. The zero-order valence-corrected chi connectivity index (χ0v) is 16.6. The van der Waals surface area contributed by atoms with Gasteiger partial charge in [-0.25, -0.2) is 23.7 Å². The molecule has 2 aromatic rings. The molecule has 5 rings (SSSR count). The van der Waals surface area contributed by atoms with Gasteiger partial charge in [0, 0.05) is 43.4 Å². The molecule has 0 aromatic carbocycles. The van der Waals surface area contributed by atoms with Crippen LogP contribution in [0.5, 0.6) is 0 Å². The summed E-state index contributed by atoms with van der Waals surface area (Å²) in [7, 11) is 0. The normalized spacial score (nSPS) is 23.3. The van der Waals surface area contributed by atoms with E-state index in [1.807, 2.05) is 18.4 Å². The molecule has 1 saturated carbocycles. The summed E-state index contributed by atoms with van der Waals surface area (Å²) in [5.74, 6) is -0.408. The number of rotatable bonds is 4. The summed E-state index contributed by atoms with van der Waals surface area (Å²) in [6, 6.07) is 1.94. The zero-order valence-electron chi connectivity index (χ0n) is 15.8. The number of ether oxygens (including phenoxy) is 1. The van der Waals surface area contributed by atoms with E-state index >= 15 is 0 Å². The second-order valence-corrected chi connectivity index (χ2v) is 9.37. The van der Waals surface area contributed by atoms with Crippen LogP contribution in [0, 0.1) is 12.3 Å². The van der Waals surface area contributed by atoms with Crippen LogP contribution in [0.3, 0.4) is 0 Å². The van der Waals surface area contributed by atoms with Gasteiger partial charge in [0.05, 0.1) is 23.6 Å². The van der Waals surface area contributed by atoms with Crippen molar-refractivity contribution in [3.8, 4) is 11.5 Å². The maximum Gasteiger partial charge on any atom is 0.248 e. The van der Waals surface area contributed by atoms with Crippen LogP contribution in [-0.4, -0.2) is 53.2 Å². The Labute approximate surface area is 166 Å². The largest absolute Gasteiger partial charge is 0.380 e. The van der Waals surface area contributed by atoms with Crippen molar-refractivity contribution >= 4 is 23.0 Å². The number of nitrogens with one attached hydrogen (secondary N) is 1. The van der Waals surface area contributed by atoms with Crippen LogP contribution >= 0.6 is 11.3 Å². The monoisotopic (exact) mass is 407 g/mol. The molecule has 0 radical (unpaired) electrons.